The van der Waals surface area contributed by atoms with Gasteiger partial charge in [-0.05, 0) is 44.1 Å². The molecule has 1 spiro atoms. The van der Waals surface area contributed by atoms with Crippen molar-refractivity contribution in [3.05, 3.63) is 29.6 Å². The Labute approximate surface area is 124 Å². The van der Waals surface area contributed by atoms with Crippen LogP contribution in [0.2, 0.25) is 0 Å². The van der Waals surface area contributed by atoms with Crippen molar-refractivity contribution in [1.82, 2.24) is 5.43 Å². The highest BCUT2D eigenvalue weighted by Gasteiger charge is 2.44. The van der Waals surface area contributed by atoms with Crippen LogP contribution < -0.4 is 16.0 Å². The Balaban J connectivity index is 1.81. The SMILES string of the molecule is COc1ccc(C(NN)C2CCOC3(CCC3)C2)c(F)c1. The lowest BCUT2D eigenvalue weighted by Gasteiger charge is -2.48. The minimum atomic E-state index is -0.272. The third-order valence-electron chi connectivity index (χ3n) is 4.99. The Morgan fingerprint density at radius 2 is 2.29 bits per heavy atom. The van der Waals surface area contributed by atoms with Crippen molar-refractivity contribution in [1.29, 1.82) is 0 Å². The summed E-state index contributed by atoms with van der Waals surface area (Å²) in [5.74, 6) is 6.28. The van der Waals surface area contributed by atoms with E-state index < -0.39 is 0 Å². The molecule has 1 aromatic carbocycles. The largest absolute Gasteiger partial charge is 0.497 e. The molecule has 0 amide bonds. The normalized spacial score (nSPS) is 25.4. The Morgan fingerprint density at radius 1 is 1.48 bits per heavy atom. The van der Waals surface area contributed by atoms with Crippen LogP contribution in [-0.2, 0) is 4.74 Å². The van der Waals surface area contributed by atoms with Gasteiger partial charge in [0.15, 0.2) is 0 Å². The first-order valence-corrected chi connectivity index (χ1v) is 7.61. The summed E-state index contributed by atoms with van der Waals surface area (Å²) in [6.07, 6.45) is 5.32. The fraction of sp³-hybridized carbons (Fsp3) is 0.625. The number of hydrogen-bond donors (Lipinski definition) is 2. The number of hydrogen-bond acceptors (Lipinski definition) is 4. The molecule has 5 heteroatoms. The lowest BCUT2D eigenvalue weighted by Crippen LogP contribution is -2.48. The maximum atomic E-state index is 14.3. The van der Waals surface area contributed by atoms with Crippen LogP contribution in [0.3, 0.4) is 0 Å². The molecule has 1 aromatic rings. The molecule has 0 aromatic heterocycles. The van der Waals surface area contributed by atoms with Crippen LogP contribution in [0.25, 0.3) is 0 Å². The zero-order chi connectivity index (χ0) is 14.9. The number of ether oxygens (including phenoxy) is 2. The number of hydrazine groups is 1. The first-order valence-electron chi connectivity index (χ1n) is 7.61. The maximum absolute atomic E-state index is 14.3. The molecule has 1 saturated heterocycles. The minimum absolute atomic E-state index is 0.0287. The molecule has 1 aliphatic carbocycles. The van der Waals surface area contributed by atoms with Crippen LogP contribution in [0.1, 0.15) is 43.7 Å². The third-order valence-corrected chi connectivity index (χ3v) is 4.99. The monoisotopic (exact) mass is 294 g/mol. The predicted molar refractivity (Wildman–Crippen MR) is 78.3 cm³/mol. The van der Waals surface area contributed by atoms with Gasteiger partial charge in [0.2, 0.25) is 0 Å². The van der Waals surface area contributed by atoms with E-state index in [1.165, 1.54) is 19.6 Å². The summed E-state index contributed by atoms with van der Waals surface area (Å²) in [5.41, 5.74) is 3.46. The van der Waals surface area contributed by atoms with Gasteiger partial charge in [0.05, 0.1) is 18.8 Å². The van der Waals surface area contributed by atoms with E-state index in [1.54, 1.807) is 12.1 Å². The van der Waals surface area contributed by atoms with E-state index in [-0.39, 0.29) is 17.5 Å². The second kappa shape index (κ2) is 5.91. The van der Waals surface area contributed by atoms with Crippen LogP contribution in [-0.4, -0.2) is 19.3 Å². The highest BCUT2D eigenvalue weighted by molar-refractivity contribution is 5.31. The molecule has 116 valence electrons. The molecule has 0 bridgehead atoms. The smallest absolute Gasteiger partial charge is 0.131 e. The standard InChI is InChI=1S/C16H23FN2O2/c1-20-12-3-4-13(14(17)9-12)15(19-18)11-5-8-21-16(10-11)6-2-7-16/h3-4,9,11,15,19H,2,5-8,10,18H2,1H3. The van der Waals surface area contributed by atoms with Crippen LogP contribution in [0.4, 0.5) is 4.39 Å². The van der Waals surface area contributed by atoms with Gasteiger partial charge in [-0.15, -0.1) is 0 Å². The van der Waals surface area contributed by atoms with Gasteiger partial charge in [-0.25, -0.2) is 4.39 Å². The highest BCUT2D eigenvalue weighted by Crippen LogP contribution is 2.47. The number of nitrogens with two attached hydrogens (primary N) is 1. The molecule has 2 fully saturated rings. The Kier molecular flexibility index (Phi) is 4.15. The molecule has 2 atom stereocenters. The summed E-state index contributed by atoms with van der Waals surface area (Å²) < 4.78 is 25.3. The van der Waals surface area contributed by atoms with Gasteiger partial charge in [-0.3, -0.25) is 11.3 Å². The van der Waals surface area contributed by atoms with Gasteiger partial charge in [0.25, 0.3) is 0 Å². The van der Waals surface area contributed by atoms with E-state index in [0.717, 1.165) is 32.3 Å². The summed E-state index contributed by atoms with van der Waals surface area (Å²) in [5, 5.41) is 0. The lowest BCUT2D eigenvalue weighted by atomic mass is 9.69. The van der Waals surface area contributed by atoms with Crippen molar-refractivity contribution in [3.63, 3.8) is 0 Å². The minimum Gasteiger partial charge on any atom is -0.497 e. The summed E-state index contributed by atoms with van der Waals surface area (Å²) in [4.78, 5) is 0. The lowest BCUT2D eigenvalue weighted by molar-refractivity contribution is -0.147. The summed E-state index contributed by atoms with van der Waals surface area (Å²) in [6.45, 7) is 0.737. The Hall–Kier alpha value is -1.17. The molecule has 2 aliphatic rings. The number of benzene rings is 1. The Morgan fingerprint density at radius 3 is 2.86 bits per heavy atom. The zero-order valence-electron chi connectivity index (χ0n) is 12.4. The van der Waals surface area contributed by atoms with Crippen LogP contribution in [0.15, 0.2) is 18.2 Å². The second-order valence-electron chi connectivity index (χ2n) is 6.17. The number of methoxy groups -OCH3 is 1. The van der Waals surface area contributed by atoms with Gasteiger partial charge in [-0.2, -0.15) is 0 Å². The summed E-state index contributed by atoms with van der Waals surface area (Å²) >= 11 is 0. The molecule has 2 unspecified atom stereocenters. The van der Waals surface area contributed by atoms with Crippen LogP contribution >= 0.6 is 0 Å². The van der Waals surface area contributed by atoms with Crippen LogP contribution in [0.5, 0.6) is 5.75 Å². The van der Waals surface area contributed by atoms with Crippen molar-refractivity contribution in [2.45, 2.75) is 43.7 Å². The molecule has 21 heavy (non-hydrogen) atoms. The van der Waals surface area contributed by atoms with Crippen molar-refractivity contribution in [2.75, 3.05) is 13.7 Å². The van der Waals surface area contributed by atoms with Crippen LogP contribution in [0, 0.1) is 11.7 Å². The quantitative estimate of drug-likeness (QED) is 0.662. The second-order valence-corrected chi connectivity index (χ2v) is 6.17. The highest BCUT2D eigenvalue weighted by atomic mass is 19.1. The van der Waals surface area contributed by atoms with Gasteiger partial charge in [0, 0.05) is 18.2 Å². The van der Waals surface area contributed by atoms with Gasteiger partial charge in [0.1, 0.15) is 11.6 Å². The molecule has 1 aliphatic heterocycles. The van der Waals surface area contributed by atoms with E-state index in [9.17, 15) is 4.39 Å². The summed E-state index contributed by atoms with van der Waals surface area (Å²) in [7, 11) is 1.53. The molecule has 3 rings (SSSR count). The van der Waals surface area contributed by atoms with Crippen molar-refractivity contribution in [3.8, 4) is 5.75 Å². The van der Waals surface area contributed by atoms with Crippen molar-refractivity contribution >= 4 is 0 Å². The average Bonchev–Trinajstić information content (AvgIpc) is 2.48. The van der Waals surface area contributed by atoms with Gasteiger partial charge in [-0.1, -0.05) is 6.07 Å². The maximum Gasteiger partial charge on any atom is 0.131 e. The number of rotatable bonds is 4. The van der Waals surface area contributed by atoms with E-state index in [0.29, 0.717) is 17.2 Å². The van der Waals surface area contributed by atoms with E-state index in [2.05, 4.69) is 5.43 Å². The Bertz CT molecular complexity index is 505. The van der Waals surface area contributed by atoms with Gasteiger partial charge >= 0.3 is 0 Å². The summed E-state index contributed by atoms with van der Waals surface area (Å²) in [6, 6.07) is 4.78. The molecular weight excluding hydrogens is 271 g/mol. The molecule has 4 nitrogen and oxygen atoms in total. The van der Waals surface area contributed by atoms with E-state index in [4.69, 9.17) is 15.3 Å². The third kappa shape index (κ3) is 2.78. The van der Waals surface area contributed by atoms with Crippen molar-refractivity contribution < 1.29 is 13.9 Å². The number of halogens is 1. The fourth-order valence-corrected chi connectivity index (χ4v) is 3.64. The van der Waals surface area contributed by atoms with E-state index >= 15 is 0 Å². The van der Waals surface area contributed by atoms with Gasteiger partial charge < -0.3 is 9.47 Å². The predicted octanol–water partition coefficient (Wildman–Crippen LogP) is 2.69. The topological polar surface area (TPSA) is 56.5 Å². The fourth-order valence-electron chi connectivity index (χ4n) is 3.64. The van der Waals surface area contributed by atoms with Crippen molar-refractivity contribution in [2.24, 2.45) is 11.8 Å². The van der Waals surface area contributed by atoms with E-state index in [1.807, 2.05) is 0 Å². The molecule has 1 saturated carbocycles. The molecule has 1 heterocycles. The molecule has 3 N–H and O–H groups in total. The average molecular weight is 294 g/mol. The number of nitrogens with one attached hydrogen (secondary N) is 1. The zero-order valence-corrected chi connectivity index (χ0v) is 12.4. The first-order chi connectivity index (χ1) is 10.2. The molecular formula is C16H23FN2O2. The molecule has 0 radical (unpaired) electrons. The first kappa shape index (κ1) is 14.8.